The zero-order chi connectivity index (χ0) is 15.4. The molecular formula is C15H23NO3S. The first-order chi connectivity index (χ1) is 9.29. The molecule has 20 heavy (non-hydrogen) atoms. The maximum atomic E-state index is 12.2. The largest absolute Gasteiger partial charge is 0.462 e. The SMILES string of the molecule is CCOC(=O)c1c(NC(=O)C(C)C(C)C)sc(C)c1C. The van der Waals surface area contributed by atoms with Crippen LogP contribution >= 0.6 is 11.3 Å². The fourth-order valence-corrected chi connectivity index (χ4v) is 2.74. The van der Waals surface area contributed by atoms with E-state index in [1.54, 1.807) is 6.92 Å². The van der Waals surface area contributed by atoms with Crippen molar-refractivity contribution in [3.63, 3.8) is 0 Å². The fourth-order valence-electron chi connectivity index (χ4n) is 1.69. The predicted molar refractivity (Wildman–Crippen MR) is 82.4 cm³/mol. The van der Waals surface area contributed by atoms with E-state index in [2.05, 4.69) is 5.32 Å². The van der Waals surface area contributed by atoms with Crippen LogP contribution in [0.2, 0.25) is 0 Å². The normalized spacial score (nSPS) is 12.3. The number of nitrogens with one attached hydrogen (secondary N) is 1. The van der Waals surface area contributed by atoms with Crippen molar-refractivity contribution < 1.29 is 14.3 Å². The van der Waals surface area contributed by atoms with Crippen LogP contribution in [0.4, 0.5) is 5.00 Å². The van der Waals surface area contributed by atoms with Crippen LogP contribution < -0.4 is 5.32 Å². The molecule has 0 aliphatic rings. The van der Waals surface area contributed by atoms with Crippen molar-refractivity contribution in [2.24, 2.45) is 11.8 Å². The molecule has 5 heteroatoms. The van der Waals surface area contributed by atoms with Crippen molar-refractivity contribution in [1.82, 2.24) is 0 Å². The molecule has 0 aliphatic carbocycles. The van der Waals surface area contributed by atoms with Gasteiger partial charge in [-0.15, -0.1) is 11.3 Å². The van der Waals surface area contributed by atoms with E-state index >= 15 is 0 Å². The van der Waals surface area contributed by atoms with E-state index in [1.807, 2.05) is 34.6 Å². The number of carbonyl (C=O) groups excluding carboxylic acids is 2. The van der Waals surface area contributed by atoms with Gasteiger partial charge < -0.3 is 10.1 Å². The van der Waals surface area contributed by atoms with Crippen molar-refractivity contribution in [2.45, 2.75) is 41.5 Å². The lowest BCUT2D eigenvalue weighted by molar-refractivity contribution is -0.120. The van der Waals surface area contributed by atoms with Crippen LogP contribution in [0.15, 0.2) is 0 Å². The molecule has 0 fully saturated rings. The maximum absolute atomic E-state index is 12.2. The molecule has 0 radical (unpaired) electrons. The van der Waals surface area contributed by atoms with E-state index in [0.29, 0.717) is 17.2 Å². The van der Waals surface area contributed by atoms with Crippen LogP contribution in [0.5, 0.6) is 0 Å². The van der Waals surface area contributed by atoms with Gasteiger partial charge in [0.15, 0.2) is 0 Å². The van der Waals surface area contributed by atoms with Crippen molar-refractivity contribution in [1.29, 1.82) is 0 Å². The highest BCUT2D eigenvalue weighted by Gasteiger charge is 2.24. The zero-order valence-electron chi connectivity index (χ0n) is 13.0. The minimum Gasteiger partial charge on any atom is -0.462 e. The van der Waals surface area contributed by atoms with Crippen LogP contribution in [0.1, 0.15) is 48.5 Å². The summed E-state index contributed by atoms with van der Waals surface area (Å²) in [6.07, 6.45) is 0. The van der Waals surface area contributed by atoms with Gasteiger partial charge in [0.25, 0.3) is 0 Å². The van der Waals surface area contributed by atoms with E-state index in [4.69, 9.17) is 4.74 Å². The number of carbonyl (C=O) groups is 2. The molecule has 1 aromatic heterocycles. The summed E-state index contributed by atoms with van der Waals surface area (Å²) in [5.74, 6) is -0.287. The summed E-state index contributed by atoms with van der Waals surface area (Å²) in [6, 6.07) is 0. The molecule has 0 bridgehead atoms. The first kappa shape index (κ1) is 16.7. The monoisotopic (exact) mass is 297 g/mol. The van der Waals surface area contributed by atoms with E-state index in [-0.39, 0.29) is 23.7 Å². The molecule has 0 aromatic carbocycles. The molecule has 0 aliphatic heterocycles. The first-order valence-electron chi connectivity index (χ1n) is 6.87. The van der Waals surface area contributed by atoms with Crippen molar-refractivity contribution in [3.05, 3.63) is 16.0 Å². The van der Waals surface area contributed by atoms with Gasteiger partial charge in [-0.2, -0.15) is 0 Å². The van der Waals surface area contributed by atoms with Crippen LogP contribution in [0, 0.1) is 25.7 Å². The second-order valence-electron chi connectivity index (χ2n) is 5.23. The zero-order valence-corrected chi connectivity index (χ0v) is 13.8. The number of hydrogen-bond acceptors (Lipinski definition) is 4. The van der Waals surface area contributed by atoms with Gasteiger partial charge in [0.2, 0.25) is 5.91 Å². The van der Waals surface area contributed by atoms with Crippen LogP contribution in [-0.2, 0) is 9.53 Å². The summed E-state index contributed by atoms with van der Waals surface area (Å²) >= 11 is 1.42. The minimum absolute atomic E-state index is 0.0631. The molecule has 4 nitrogen and oxygen atoms in total. The van der Waals surface area contributed by atoms with Gasteiger partial charge >= 0.3 is 5.97 Å². The van der Waals surface area contributed by atoms with E-state index in [9.17, 15) is 9.59 Å². The van der Waals surface area contributed by atoms with Gasteiger partial charge in [-0.05, 0) is 32.3 Å². The molecule has 1 N–H and O–H groups in total. The summed E-state index contributed by atoms with van der Waals surface area (Å²) in [5.41, 5.74) is 1.36. The summed E-state index contributed by atoms with van der Waals surface area (Å²) in [4.78, 5) is 25.2. The Bertz CT molecular complexity index is 505. The standard InChI is InChI=1S/C15H23NO3S/c1-7-19-15(18)12-10(5)11(6)20-14(12)16-13(17)9(4)8(2)3/h8-9H,7H2,1-6H3,(H,16,17). The fraction of sp³-hybridized carbons (Fsp3) is 0.600. The van der Waals surface area contributed by atoms with Gasteiger partial charge in [-0.3, -0.25) is 4.79 Å². The number of hydrogen-bond donors (Lipinski definition) is 1. The molecular weight excluding hydrogens is 274 g/mol. The molecule has 0 saturated heterocycles. The lowest BCUT2D eigenvalue weighted by Gasteiger charge is -2.15. The highest BCUT2D eigenvalue weighted by atomic mass is 32.1. The Kier molecular flexibility index (Phi) is 5.74. The number of esters is 1. The summed E-state index contributed by atoms with van der Waals surface area (Å²) < 4.78 is 5.07. The number of anilines is 1. The highest BCUT2D eigenvalue weighted by molar-refractivity contribution is 7.16. The number of ether oxygens (including phenoxy) is 1. The summed E-state index contributed by atoms with van der Waals surface area (Å²) in [6.45, 7) is 11.8. The van der Waals surface area contributed by atoms with E-state index in [1.165, 1.54) is 11.3 Å². The van der Waals surface area contributed by atoms with Gasteiger partial charge in [0.1, 0.15) is 5.00 Å². The Morgan fingerprint density at radius 3 is 2.35 bits per heavy atom. The van der Waals surface area contributed by atoms with Crippen molar-refractivity contribution >= 4 is 28.2 Å². The summed E-state index contributed by atoms with van der Waals surface area (Å²) in [7, 11) is 0. The maximum Gasteiger partial charge on any atom is 0.341 e. The number of rotatable bonds is 5. The average molecular weight is 297 g/mol. The van der Waals surface area contributed by atoms with Crippen LogP contribution in [0.25, 0.3) is 0 Å². The molecule has 1 heterocycles. The van der Waals surface area contributed by atoms with Crippen LogP contribution in [-0.4, -0.2) is 18.5 Å². The third kappa shape index (κ3) is 3.60. The highest BCUT2D eigenvalue weighted by Crippen LogP contribution is 2.33. The third-order valence-corrected chi connectivity index (χ3v) is 4.64. The van der Waals surface area contributed by atoms with E-state index in [0.717, 1.165) is 10.4 Å². The van der Waals surface area contributed by atoms with Gasteiger partial charge in [0, 0.05) is 10.8 Å². The summed E-state index contributed by atoms with van der Waals surface area (Å²) in [5, 5.41) is 3.46. The molecule has 112 valence electrons. The number of aryl methyl sites for hydroxylation is 1. The lowest BCUT2D eigenvalue weighted by atomic mass is 9.97. The lowest BCUT2D eigenvalue weighted by Crippen LogP contribution is -2.24. The quantitative estimate of drug-likeness (QED) is 0.842. The Morgan fingerprint density at radius 1 is 1.25 bits per heavy atom. The van der Waals surface area contributed by atoms with E-state index < -0.39 is 0 Å². The molecule has 1 atom stereocenters. The Hall–Kier alpha value is -1.36. The van der Waals surface area contributed by atoms with Crippen molar-refractivity contribution in [2.75, 3.05) is 11.9 Å². The van der Waals surface area contributed by atoms with Crippen molar-refractivity contribution in [3.8, 4) is 0 Å². The average Bonchev–Trinajstić information content (AvgIpc) is 2.64. The molecule has 0 spiro atoms. The molecule has 1 amide bonds. The Balaban J connectivity index is 3.04. The molecule has 1 unspecified atom stereocenters. The van der Waals surface area contributed by atoms with Gasteiger partial charge in [-0.1, -0.05) is 20.8 Å². The molecule has 0 saturated carbocycles. The predicted octanol–water partition coefficient (Wildman–Crippen LogP) is 3.77. The smallest absolute Gasteiger partial charge is 0.341 e. The second kappa shape index (κ2) is 6.88. The van der Waals surface area contributed by atoms with Crippen LogP contribution in [0.3, 0.4) is 0 Å². The number of amides is 1. The Labute approximate surface area is 124 Å². The number of thiophene rings is 1. The minimum atomic E-state index is -0.373. The van der Waals surface area contributed by atoms with Gasteiger partial charge in [0.05, 0.1) is 12.2 Å². The first-order valence-corrected chi connectivity index (χ1v) is 7.69. The second-order valence-corrected chi connectivity index (χ2v) is 6.45. The Morgan fingerprint density at radius 2 is 1.85 bits per heavy atom. The molecule has 1 rings (SSSR count). The third-order valence-electron chi connectivity index (χ3n) is 3.52. The topological polar surface area (TPSA) is 55.4 Å². The van der Waals surface area contributed by atoms with Gasteiger partial charge in [-0.25, -0.2) is 4.79 Å². The molecule has 1 aromatic rings.